The fraction of sp³-hybridized carbons (Fsp3) is 0.304. The molecule has 0 aliphatic carbocycles. The van der Waals surface area contributed by atoms with Gasteiger partial charge in [0.05, 0.1) is 5.56 Å². The monoisotopic (exact) mass is 388 g/mol. The molecule has 1 aliphatic heterocycles. The third kappa shape index (κ3) is 4.49. The summed E-state index contributed by atoms with van der Waals surface area (Å²) in [5.74, 6) is 1.49. The smallest absolute Gasteiger partial charge is 0.229 e. The first-order chi connectivity index (χ1) is 14.1. The number of nitrogens with two attached hydrogens (primary N) is 2. The average molecular weight is 389 g/mol. The lowest BCUT2D eigenvalue weighted by Crippen LogP contribution is -2.47. The first-order valence-electron chi connectivity index (χ1n) is 10.1. The van der Waals surface area contributed by atoms with Crippen LogP contribution in [-0.2, 0) is 6.42 Å². The molecule has 0 spiro atoms. The Kier molecular flexibility index (Phi) is 5.62. The van der Waals surface area contributed by atoms with Crippen LogP contribution in [0.4, 0.5) is 17.6 Å². The van der Waals surface area contributed by atoms with Gasteiger partial charge in [-0.2, -0.15) is 9.97 Å². The van der Waals surface area contributed by atoms with Crippen molar-refractivity contribution in [2.45, 2.75) is 13.3 Å². The minimum absolute atomic E-state index is 0.433. The van der Waals surface area contributed by atoms with E-state index in [0.717, 1.165) is 50.3 Å². The number of hydrogen-bond donors (Lipinski definition) is 2. The highest BCUT2D eigenvalue weighted by Gasteiger charge is 2.21. The zero-order valence-corrected chi connectivity index (χ0v) is 16.9. The maximum Gasteiger partial charge on any atom is 0.229 e. The van der Waals surface area contributed by atoms with Crippen LogP contribution in [0.3, 0.4) is 0 Å². The highest BCUT2D eigenvalue weighted by atomic mass is 15.3. The molecule has 150 valence electrons. The Balaban J connectivity index is 1.40. The molecule has 1 aliphatic rings. The lowest BCUT2D eigenvalue weighted by molar-refractivity contribution is 0.260. The van der Waals surface area contributed by atoms with E-state index in [1.54, 1.807) is 0 Å². The minimum atomic E-state index is 0.433. The van der Waals surface area contributed by atoms with E-state index < -0.39 is 0 Å². The molecule has 0 bridgehead atoms. The number of hydrogen-bond acceptors (Lipinski definition) is 6. The Morgan fingerprint density at radius 2 is 1.45 bits per heavy atom. The first-order valence-corrected chi connectivity index (χ1v) is 10.1. The molecule has 4 N–H and O–H groups in total. The van der Waals surface area contributed by atoms with Gasteiger partial charge >= 0.3 is 0 Å². The van der Waals surface area contributed by atoms with Gasteiger partial charge in [0.2, 0.25) is 5.95 Å². The summed E-state index contributed by atoms with van der Waals surface area (Å²) < 4.78 is 0. The molecule has 2 heterocycles. The van der Waals surface area contributed by atoms with Crippen molar-refractivity contribution in [2.24, 2.45) is 0 Å². The fourth-order valence-corrected chi connectivity index (χ4v) is 3.74. The molecule has 1 fully saturated rings. The van der Waals surface area contributed by atoms with Crippen LogP contribution in [0.1, 0.15) is 11.1 Å². The molecule has 0 saturated carbocycles. The first kappa shape index (κ1) is 19.2. The molecule has 0 amide bonds. The molecule has 0 atom stereocenters. The lowest BCUT2D eigenvalue weighted by atomic mass is 10.1. The van der Waals surface area contributed by atoms with Crippen LogP contribution in [0, 0.1) is 6.92 Å². The van der Waals surface area contributed by atoms with E-state index in [0.29, 0.717) is 17.6 Å². The number of nitrogens with zero attached hydrogens (tertiary/aromatic N) is 4. The summed E-state index contributed by atoms with van der Waals surface area (Å²) >= 11 is 0. The SMILES string of the molecule is Cc1ccc(-c2c(N)nc(N3CCN(CCc4ccccc4)CC3)nc2N)cc1. The van der Waals surface area contributed by atoms with Crippen molar-refractivity contribution in [3.8, 4) is 11.1 Å². The van der Waals surface area contributed by atoms with Gasteiger partial charge in [-0.1, -0.05) is 60.2 Å². The van der Waals surface area contributed by atoms with Gasteiger partial charge in [-0.05, 0) is 24.5 Å². The quantitative estimate of drug-likeness (QED) is 0.699. The largest absolute Gasteiger partial charge is 0.383 e. The van der Waals surface area contributed by atoms with E-state index >= 15 is 0 Å². The van der Waals surface area contributed by atoms with Gasteiger partial charge in [0, 0.05) is 32.7 Å². The zero-order valence-electron chi connectivity index (χ0n) is 16.9. The maximum absolute atomic E-state index is 6.27. The van der Waals surface area contributed by atoms with Crippen LogP contribution in [0.25, 0.3) is 11.1 Å². The van der Waals surface area contributed by atoms with Crippen LogP contribution in [0.5, 0.6) is 0 Å². The summed E-state index contributed by atoms with van der Waals surface area (Å²) in [5.41, 5.74) is 16.8. The van der Waals surface area contributed by atoms with Gasteiger partial charge in [-0.15, -0.1) is 0 Å². The summed E-state index contributed by atoms with van der Waals surface area (Å²) in [7, 11) is 0. The van der Waals surface area contributed by atoms with Crippen molar-refractivity contribution in [1.29, 1.82) is 0 Å². The minimum Gasteiger partial charge on any atom is -0.383 e. The van der Waals surface area contributed by atoms with E-state index in [2.05, 4.69) is 57.0 Å². The van der Waals surface area contributed by atoms with Crippen LogP contribution < -0.4 is 16.4 Å². The van der Waals surface area contributed by atoms with Crippen LogP contribution in [-0.4, -0.2) is 47.6 Å². The highest BCUT2D eigenvalue weighted by Crippen LogP contribution is 2.31. The van der Waals surface area contributed by atoms with Gasteiger partial charge in [-0.25, -0.2) is 0 Å². The van der Waals surface area contributed by atoms with Crippen LogP contribution in [0.2, 0.25) is 0 Å². The summed E-state index contributed by atoms with van der Waals surface area (Å²) in [6.07, 6.45) is 1.07. The van der Waals surface area contributed by atoms with Gasteiger partial charge in [0.1, 0.15) is 11.6 Å². The molecule has 4 rings (SSSR count). The zero-order chi connectivity index (χ0) is 20.2. The van der Waals surface area contributed by atoms with Gasteiger partial charge in [0.15, 0.2) is 0 Å². The molecule has 1 saturated heterocycles. The molecule has 29 heavy (non-hydrogen) atoms. The van der Waals surface area contributed by atoms with Gasteiger partial charge in [0.25, 0.3) is 0 Å². The van der Waals surface area contributed by atoms with E-state index in [4.69, 9.17) is 11.5 Å². The van der Waals surface area contributed by atoms with Crippen LogP contribution >= 0.6 is 0 Å². The molecule has 3 aromatic rings. The second kappa shape index (κ2) is 8.49. The van der Waals surface area contributed by atoms with Crippen molar-refractivity contribution in [3.05, 3.63) is 65.7 Å². The van der Waals surface area contributed by atoms with Crippen molar-refractivity contribution < 1.29 is 0 Å². The molecule has 6 heteroatoms. The third-order valence-corrected chi connectivity index (χ3v) is 5.51. The number of piperazine rings is 1. The van der Waals surface area contributed by atoms with E-state index in [1.165, 1.54) is 11.1 Å². The second-order valence-corrected chi connectivity index (χ2v) is 7.60. The average Bonchev–Trinajstić information content (AvgIpc) is 2.74. The summed E-state index contributed by atoms with van der Waals surface area (Å²) in [6, 6.07) is 18.7. The Labute approximate surface area is 172 Å². The Morgan fingerprint density at radius 1 is 0.828 bits per heavy atom. The second-order valence-electron chi connectivity index (χ2n) is 7.60. The molecule has 1 aromatic heterocycles. The topological polar surface area (TPSA) is 84.3 Å². The highest BCUT2D eigenvalue weighted by molar-refractivity contribution is 5.83. The van der Waals surface area contributed by atoms with Crippen LogP contribution in [0.15, 0.2) is 54.6 Å². The Hall–Kier alpha value is -3.12. The van der Waals surface area contributed by atoms with E-state index in [-0.39, 0.29) is 0 Å². The number of nitrogen functional groups attached to an aromatic ring is 2. The molecule has 0 unspecified atom stereocenters. The summed E-state index contributed by atoms with van der Waals surface area (Å²) in [5, 5.41) is 0. The fourth-order valence-electron chi connectivity index (χ4n) is 3.74. The van der Waals surface area contributed by atoms with Gasteiger partial charge in [-0.3, -0.25) is 4.90 Å². The predicted molar refractivity (Wildman–Crippen MR) is 120 cm³/mol. The predicted octanol–water partition coefficient (Wildman–Crippen LogP) is 2.98. The van der Waals surface area contributed by atoms with Crippen molar-refractivity contribution in [3.63, 3.8) is 0 Å². The molecular formula is C23H28N6. The lowest BCUT2D eigenvalue weighted by Gasteiger charge is -2.35. The Bertz CT molecular complexity index is 924. The van der Waals surface area contributed by atoms with Crippen molar-refractivity contribution >= 4 is 17.6 Å². The Morgan fingerprint density at radius 3 is 2.07 bits per heavy atom. The maximum atomic E-state index is 6.27. The number of aryl methyl sites for hydroxylation is 1. The summed E-state index contributed by atoms with van der Waals surface area (Å²) in [4.78, 5) is 13.8. The van der Waals surface area contributed by atoms with Crippen molar-refractivity contribution in [2.75, 3.05) is 49.1 Å². The number of benzene rings is 2. The standard InChI is InChI=1S/C23H28N6/c1-17-7-9-19(10-8-17)20-21(24)26-23(27-22(20)25)29-15-13-28(14-16-29)12-11-18-5-3-2-4-6-18/h2-10H,11-16H2,1H3,(H4,24,25,26,27). The molecule has 6 nitrogen and oxygen atoms in total. The summed E-state index contributed by atoms with van der Waals surface area (Å²) in [6.45, 7) is 6.82. The molecule has 0 radical (unpaired) electrons. The molecular weight excluding hydrogens is 360 g/mol. The van der Waals surface area contributed by atoms with Crippen molar-refractivity contribution in [1.82, 2.24) is 14.9 Å². The van der Waals surface area contributed by atoms with E-state index in [1.807, 2.05) is 24.3 Å². The molecule has 2 aromatic carbocycles. The van der Waals surface area contributed by atoms with E-state index in [9.17, 15) is 0 Å². The third-order valence-electron chi connectivity index (χ3n) is 5.51. The normalized spacial score (nSPS) is 14.9. The number of anilines is 3. The number of rotatable bonds is 5. The van der Waals surface area contributed by atoms with Gasteiger partial charge < -0.3 is 16.4 Å². The number of aromatic nitrogens is 2.